The summed E-state index contributed by atoms with van der Waals surface area (Å²) in [6, 6.07) is 7.26. The first kappa shape index (κ1) is 26.7. The van der Waals surface area contributed by atoms with Crippen LogP contribution >= 0.6 is 0 Å². The fourth-order valence-corrected chi connectivity index (χ4v) is 5.55. The molecule has 0 bridgehead atoms. The average Bonchev–Trinajstić information content (AvgIpc) is 3.60. The topological polar surface area (TPSA) is 108 Å². The maximum absolute atomic E-state index is 6.34. The van der Waals surface area contributed by atoms with E-state index in [4.69, 9.17) is 10.5 Å². The van der Waals surface area contributed by atoms with Gasteiger partial charge in [-0.25, -0.2) is 15.0 Å². The molecule has 1 aromatic carbocycles. The molecule has 2 aliphatic heterocycles. The number of nitrogens with one attached hydrogen (secondary N) is 2. The zero-order chi connectivity index (χ0) is 26.9. The summed E-state index contributed by atoms with van der Waals surface area (Å²) in [7, 11) is 0. The van der Waals surface area contributed by atoms with E-state index in [1.54, 1.807) is 0 Å². The minimum Gasteiger partial charge on any atom is -0.382 e. The SMILES string of the molecule is CCN(CC1CCC(N2CNc3c(N)ncnc32)O1)C1CCC1.CCc1nc2ccc(C(C)(C)C)cc2[nH]1. The number of H-pyrrole nitrogens is 1. The first-order chi connectivity index (χ1) is 18.3. The van der Waals surface area contributed by atoms with Crippen LogP contribution in [0.2, 0.25) is 0 Å². The van der Waals surface area contributed by atoms with Crippen LogP contribution in [-0.2, 0) is 16.6 Å². The second-order valence-corrected chi connectivity index (χ2v) is 11.7. The molecule has 38 heavy (non-hydrogen) atoms. The monoisotopic (exact) mass is 520 g/mol. The smallest absolute Gasteiger partial charge is 0.161 e. The first-order valence-electron chi connectivity index (χ1n) is 14.3. The lowest BCUT2D eigenvalue weighted by atomic mass is 9.87. The molecular weight excluding hydrogens is 476 g/mol. The summed E-state index contributed by atoms with van der Waals surface area (Å²) in [5, 5.41) is 3.28. The molecule has 4 N–H and O–H groups in total. The van der Waals surface area contributed by atoms with Gasteiger partial charge in [-0.2, -0.15) is 0 Å². The Morgan fingerprint density at radius 2 is 1.95 bits per heavy atom. The van der Waals surface area contributed by atoms with Gasteiger partial charge in [-0.15, -0.1) is 0 Å². The summed E-state index contributed by atoms with van der Waals surface area (Å²) in [4.78, 5) is 21.0. The Kier molecular flexibility index (Phi) is 7.77. The molecule has 9 nitrogen and oxygen atoms in total. The number of anilines is 3. The largest absolute Gasteiger partial charge is 0.382 e. The van der Waals surface area contributed by atoms with Crippen LogP contribution in [-0.4, -0.2) is 63.0 Å². The lowest BCUT2D eigenvalue weighted by Crippen LogP contribution is -2.44. The third-order valence-corrected chi connectivity index (χ3v) is 8.15. The van der Waals surface area contributed by atoms with E-state index in [-0.39, 0.29) is 11.6 Å². The fourth-order valence-electron chi connectivity index (χ4n) is 5.55. The van der Waals surface area contributed by atoms with Crippen molar-refractivity contribution in [3.05, 3.63) is 35.9 Å². The average molecular weight is 521 g/mol. The predicted molar refractivity (Wildman–Crippen MR) is 154 cm³/mol. The normalized spacial score (nSPS) is 21.3. The molecule has 206 valence electrons. The molecule has 3 aromatic rings. The summed E-state index contributed by atoms with van der Waals surface area (Å²) >= 11 is 0. The fraction of sp³-hybridized carbons (Fsp3) is 0.621. The highest BCUT2D eigenvalue weighted by Crippen LogP contribution is 2.37. The zero-order valence-corrected chi connectivity index (χ0v) is 23.6. The molecule has 9 heteroatoms. The number of benzene rings is 1. The van der Waals surface area contributed by atoms with Crippen LogP contribution < -0.4 is 16.0 Å². The minimum atomic E-state index is 0.0862. The minimum absolute atomic E-state index is 0.0862. The van der Waals surface area contributed by atoms with Crippen molar-refractivity contribution >= 4 is 28.4 Å². The van der Waals surface area contributed by atoms with E-state index >= 15 is 0 Å². The Morgan fingerprint density at radius 1 is 1.13 bits per heavy atom. The molecule has 0 spiro atoms. The van der Waals surface area contributed by atoms with Crippen molar-refractivity contribution in [3.8, 4) is 0 Å². The number of rotatable bonds is 6. The van der Waals surface area contributed by atoms with E-state index in [2.05, 4.69) is 87.9 Å². The second kappa shape index (κ2) is 11.1. The van der Waals surface area contributed by atoms with Crippen molar-refractivity contribution in [2.75, 3.05) is 35.7 Å². The number of imidazole rings is 1. The number of nitrogens with zero attached hydrogens (tertiary/aromatic N) is 5. The number of aryl methyl sites for hydroxylation is 1. The number of likely N-dealkylation sites (N-methyl/N-ethyl adjacent to an activating group) is 1. The van der Waals surface area contributed by atoms with Gasteiger partial charge in [-0.3, -0.25) is 4.90 Å². The number of nitrogen functional groups attached to an aromatic ring is 1. The summed E-state index contributed by atoms with van der Waals surface area (Å²) in [5.74, 6) is 2.44. The number of aromatic nitrogens is 4. The number of aromatic amines is 1. The third-order valence-electron chi connectivity index (χ3n) is 8.15. The van der Waals surface area contributed by atoms with Crippen LogP contribution in [0.15, 0.2) is 24.5 Å². The standard InChI is InChI=1S/C16H26N6O.C13H18N2/c1-2-21(11-4-3-5-11)8-12-6-7-13(23-12)22-10-20-14-15(17)18-9-19-16(14)22;1-5-12-14-10-7-6-9(13(2,3)4)8-11(10)15-12/h9,11-13,20H,2-8,10H2,1H3,(H2,17,18,19);6-8H,5H2,1-4H3,(H,14,15). The molecule has 1 saturated carbocycles. The van der Waals surface area contributed by atoms with E-state index in [0.29, 0.717) is 18.6 Å². The van der Waals surface area contributed by atoms with Gasteiger partial charge in [0.1, 0.15) is 24.1 Å². The van der Waals surface area contributed by atoms with Gasteiger partial charge < -0.3 is 25.7 Å². The van der Waals surface area contributed by atoms with Gasteiger partial charge >= 0.3 is 0 Å². The van der Waals surface area contributed by atoms with Crippen LogP contribution in [0, 0.1) is 0 Å². The Labute approximate surface area is 226 Å². The number of fused-ring (bicyclic) bond motifs is 2. The molecule has 0 radical (unpaired) electrons. The van der Waals surface area contributed by atoms with E-state index in [1.165, 1.54) is 31.2 Å². The van der Waals surface area contributed by atoms with Crippen LogP contribution in [0.4, 0.5) is 17.3 Å². The Morgan fingerprint density at radius 3 is 2.63 bits per heavy atom. The quantitative estimate of drug-likeness (QED) is 0.414. The van der Waals surface area contributed by atoms with Crippen LogP contribution in [0.1, 0.15) is 78.1 Å². The molecule has 1 saturated heterocycles. The Bertz CT molecular complexity index is 1230. The van der Waals surface area contributed by atoms with Crippen molar-refractivity contribution < 1.29 is 4.74 Å². The molecule has 2 atom stereocenters. The molecule has 6 rings (SSSR count). The van der Waals surface area contributed by atoms with Gasteiger partial charge in [-0.05, 0) is 55.3 Å². The Hall–Kier alpha value is -2.91. The summed E-state index contributed by atoms with van der Waals surface area (Å²) < 4.78 is 6.34. The molecule has 2 aromatic heterocycles. The van der Waals surface area contributed by atoms with Crippen molar-refractivity contribution in [1.82, 2.24) is 24.8 Å². The van der Waals surface area contributed by atoms with Crippen LogP contribution in [0.3, 0.4) is 0 Å². The van der Waals surface area contributed by atoms with Crippen LogP contribution in [0.5, 0.6) is 0 Å². The van der Waals surface area contributed by atoms with Gasteiger partial charge in [0, 0.05) is 19.0 Å². The lowest BCUT2D eigenvalue weighted by Gasteiger charge is -2.38. The molecule has 4 heterocycles. The molecule has 1 aliphatic carbocycles. The van der Waals surface area contributed by atoms with Crippen molar-refractivity contribution in [2.24, 2.45) is 0 Å². The highest BCUT2D eigenvalue weighted by Gasteiger charge is 2.36. The summed E-state index contributed by atoms with van der Waals surface area (Å²) in [5.41, 5.74) is 10.5. The molecule has 2 fully saturated rings. The van der Waals surface area contributed by atoms with Gasteiger partial charge in [0.15, 0.2) is 11.6 Å². The summed E-state index contributed by atoms with van der Waals surface area (Å²) in [6.45, 7) is 13.9. The van der Waals surface area contributed by atoms with Gasteiger partial charge in [0.2, 0.25) is 0 Å². The van der Waals surface area contributed by atoms with E-state index in [0.717, 1.165) is 66.8 Å². The number of nitrogens with two attached hydrogens (primary N) is 1. The molecule has 3 aliphatic rings. The first-order valence-corrected chi connectivity index (χ1v) is 14.3. The van der Waals surface area contributed by atoms with E-state index in [1.807, 2.05) is 0 Å². The highest BCUT2D eigenvalue weighted by atomic mass is 16.5. The van der Waals surface area contributed by atoms with Crippen molar-refractivity contribution in [3.63, 3.8) is 0 Å². The van der Waals surface area contributed by atoms with E-state index < -0.39 is 0 Å². The van der Waals surface area contributed by atoms with Gasteiger partial charge in [0.05, 0.1) is 23.8 Å². The predicted octanol–water partition coefficient (Wildman–Crippen LogP) is 5.05. The second-order valence-electron chi connectivity index (χ2n) is 11.7. The third kappa shape index (κ3) is 5.59. The van der Waals surface area contributed by atoms with Gasteiger partial charge in [-0.1, -0.05) is 47.1 Å². The maximum atomic E-state index is 6.34. The zero-order valence-electron chi connectivity index (χ0n) is 23.6. The maximum Gasteiger partial charge on any atom is 0.161 e. The van der Waals surface area contributed by atoms with E-state index in [9.17, 15) is 0 Å². The highest BCUT2D eigenvalue weighted by molar-refractivity contribution is 5.80. The van der Waals surface area contributed by atoms with Gasteiger partial charge in [0.25, 0.3) is 0 Å². The number of hydrogen-bond acceptors (Lipinski definition) is 8. The number of ether oxygens (including phenoxy) is 1. The van der Waals surface area contributed by atoms with Crippen LogP contribution in [0.25, 0.3) is 11.0 Å². The number of hydrogen-bond donors (Lipinski definition) is 3. The molecular formula is C29H44N8O. The Balaban J connectivity index is 0.000000170. The van der Waals surface area contributed by atoms with Crippen molar-refractivity contribution in [1.29, 1.82) is 0 Å². The van der Waals surface area contributed by atoms with Crippen molar-refractivity contribution in [2.45, 2.75) is 96.9 Å². The molecule has 0 amide bonds. The lowest BCUT2D eigenvalue weighted by molar-refractivity contribution is 0.00517. The molecule has 2 unspecified atom stereocenters. The summed E-state index contributed by atoms with van der Waals surface area (Å²) in [6.07, 6.45) is 9.13.